The van der Waals surface area contributed by atoms with E-state index in [9.17, 15) is 10.2 Å². The van der Waals surface area contributed by atoms with E-state index >= 15 is 0 Å². The molecule has 0 aliphatic rings. The topological polar surface area (TPSA) is 40.5 Å². The van der Waals surface area contributed by atoms with Gasteiger partial charge in [-0.3, -0.25) is 0 Å². The Hall–Kier alpha value is -2.02. The average Bonchev–Trinajstić information content (AvgIpc) is 2.66. The lowest BCUT2D eigenvalue weighted by molar-refractivity contribution is 0.450. The first-order valence-corrected chi connectivity index (χ1v) is 12.2. The number of benzene rings is 3. The summed E-state index contributed by atoms with van der Waals surface area (Å²) in [5.74, 6) is 0.678. The van der Waals surface area contributed by atoms with Crippen LogP contribution in [0.5, 0.6) is 11.5 Å². The summed E-state index contributed by atoms with van der Waals surface area (Å²) in [5, 5.41) is 25.8. The molecule has 32 heavy (non-hydrogen) atoms. The maximum atomic E-state index is 11.5. The molecular formula is C28H36ClO2P. The van der Waals surface area contributed by atoms with Gasteiger partial charge in [0.2, 0.25) is 0 Å². The van der Waals surface area contributed by atoms with Gasteiger partial charge in [0, 0.05) is 21.7 Å². The first kappa shape index (κ1) is 26.2. The standard InChI is InChI=1S/C28H35O2P.ClH/c1-18-14-21(27(3,4)5)25(29)23(16-18)31(20-12-10-9-11-13-20)24-17-19(2)15-22(26(24)30)28(6,7)8;/h9-17,29-30H,1-8H3;1H. The average molecular weight is 471 g/mol. The molecule has 0 aliphatic carbocycles. The summed E-state index contributed by atoms with van der Waals surface area (Å²) >= 11 is 0. The van der Waals surface area contributed by atoms with Crippen LogP contribution < -0.4 is 15.9 Å². The van der Waals surface area contributed by atoms with Gasteiger partial charge >= 0.3 is 0 Å². The molecule has 0 fully saturated rings. The molecule has 0 aromatic heterocycles. The van der Waals surface area contributed by atoms with Gasteiger partial charge in [0.1, 0.15) is 11.5 Å². The third-order valence-electron chi connectivity index (χ3n) is 5.58. The van der Waals surface area contributed by atoms with Crippen molar-refractivity contribution >= 4 is 36.2 Å². The van der Waals surface area contributed by atoms with Crippen LogP contribution >= 0.6 is 20.3 Å². The molecule has 0 unspecified atom stereocenters. The lowest BCUT2D eigenvalue weighted by Crippen LogP contribution is -2.26. The molecule has 0 bridgehead atoms. The molecule has 3 aromatic rings. The summed E-state index contributed by atoms with van der Waals surface area (Å²) in [7, 11) is -1.15. The Bertz CT molecular complexity index is 1020. The summed E-state index contributed by atoms with van der Waals surface area (Å²) in [4.78, 5) is 0. The molecule has 4 heteroatoms. The van der Waals surface area contributed by atoms with Crippen molar-refractivity contribution in [3.05, 3.63) is 76.9 Å². The Morgan fingerprint density at radius 1 is 0.625 bits per heavy atom. The van der Waals surface area contributed by atoms with Gasteiger partial charge in [-0.15, -0.1) is 12.4 Å². The van der Waals surface area contributed by atoms with E-state index in [0.717, 1.165) is 38.2 Å². The highest BCUT2D eigenvalue weighted by Crippen LogP contribution is 2.44. The fourth-order valence-electron chi connectivity index (χ4n) is 3.99. The van der Waals surface area contributed by atoms with Gasteiger partial charge in [0.25, 0.3) is 0 Å². The number of rotatable bonds is 3. The number of aryl methyl sites for hydroxylation is 2. The SMILES string of the molecule is Cc1cc(P(c2ccccc2)c2cc(C)cc(C(C)(C)C)c2O)c(O)c(C(C)(C)C)c1.Cl. The number of hydrogen-bond acceptors (Lipinski definition) is 2. The fraction of sp³-hybridized carbons (Fsp3) is 0.357. The summed E-state index contributed by atoms with van der Waals surface area (Å²) < 4.78 is 0. The molecule has 172 valence electrons. The molecule has 2 N–H and O–H groups in total. The van der Waals surface area contributed by atoms with Crippen molar-refractivity contribution in [2.24, 2.45) is 0 Å². The maximum absolute atomic E-state index is 11.5. The Balaban J connectivity index is 0.00000363. The molecule has 0 radical (unpaired) electrons. The van der Waals surface area contributed by atoms with Crippen LogP contribution in [0.15, 0.2) is 54.6 Å². The van der Waals surface area contributed by atoms with E-state index in [0.29, 0.717) is 11.5 Å². The van der Waals surface area contributed by atoms with Crippen LogP contribution in [-0.2, 0) is 10.8 Å². The minimum absolute atomic E-state index is 0. The van der Waals surface area contributed by atoms with Crippen molar-refractivity contribution in [1.29, 1.82) is 0 Å². The largest absolute Gasteiger partial charge is 0.507 e. The van der Waals surface area contributed by atoms with Gasteiger partial charge in [0.05, 0.1) is 0 Å². The summed E-state index contributed by atoms with van der Waals surface area (Å²) in [6.07, 6.45) is 0. The molecule has 0 amide bonds. The van der Waals surface area contributed by atoms with Crippen LogP contribution in [0.25, 0.3) is 0 Å². The van der Waals surface area contributed by atoms with Crippen molar-refractivity contribution < 1.29 is 10.2 Å². The zero-order valence-corrected chi connectivity index (χ0v) is 22.2. The van der Waals surface area contributed by atoms with Gasteiger partial charge in [-0.05, 0) is 61.2 Å². The minimum Gasteiger partial charge on any atom is -0.507 e. The summed E-state index contributed by atoms with van der Waals surface area (Å²) in [6.45, 7) is 16.9. The van der Waals surface area contributed by atoms with Crippen LogP contribution in [0.4, 0.5) is 0 Å². The van der Waals surface area contributed by atoms with E-state index in [-0.39, 0.29) is 23.2 Å². The van der Waals surface area contributed by atoms with E-state index in [2.05, 4.69) is 91.8 Å². The van der Waals surface area contributed by atoms with Crippen molar-refractivity contribution in [3.8, 4) is 11.5 Å². The Morgan fingerprint density at radius 2 is 1.00 bits per heavy atom. The maximum Gasteiger partial charge on any atom is 0.127 e. The Labute approximate surface area is 200 Å². The Kier molecular flexibility index (Phi) is 7.75. The van der Waals surface area contributed by atoms with Crippen LogP contribution in [-0.4, -0.2) is 10.2 Å². The predicted octanol–water partition coefficient (Wildman–Crippen LogP) is 6.49. The zero-order chi connectivity index (χ0) is 23.1. The number of phenolic OH excluding ortho intramolecular Hbond substituents is 2. The van der Waals surface area contributed by atoms with Crippen LogP contribution in [0.1, 0.15) is 63.8 Å². The molecule has 0 aliphatic heterocycles. The van der Waals surface area contributed by atoms with Gasteiger partial charge in [-0.1, -0.05) is 84.0 Å². The summed E-state index contributed by atoms with van der Waals surface area (Å²) in [6, 6.07) is 18.6. The fourth-order valence-corrected chi connectivity index (χ4v) is 6.60. The molecule has 0 saturated carbocycles. The van der Waals surface area contributed by atoms with Crippen LogP contribution in [0.3, 0.4) is 0 Å². The van der Waals surface area contributed by atoms with Crippen LogP contribution in [0, 0.1) is 13.8 Å². The van der Waals surface area contributed by atoms with Gasteiger partial charge in [-0.25, -0.2) is 0 Å². The third kappa shape index (κ3) is 5.30. The van der Waals surface area contributed by atoms with Crippen molar-refractivity contribution in [2.45, 2.75) is 66.2 Å². The molecule has 3 rings (SSSR count). The highest BCUT2D eigenvalue weighted by atomic mass is 35.5. The van der Waals surface area contributed by atoms with E-state index < -0.39 is 7.92 Å². The van der Waals surface area contributed by atoms with E-state index in [1.807, 2.05) is 18.2 Å². The third-order valence-corrected chi connectivity index (χ3v) is 8.04. The quantitative estimate of drug-likeness (QED) is 0.429. The van der Waals surface area contributed by atoms with Crippen molar-refractivity contribution in [1.82, 2.24) is 0 Å². The minimum atomic E-state index is -1.15. The molecule has 0 heterocycles. The van der Waals surface area contributed by atoms with Gasteiger partial charge in [0.15, 0.2) is 0 Å². The lowest BCUT2D eigenvalue weighted by Gasteiger charge is -2.29. The number of halogens is 1. The highest BCUT2D eigenvalue weighted by molar-refractivity contribution is 7.80. The normalized spacial score (nSPS) is 12.0. The van der Waals surface area contributed by atoms with Gasteiger partial charge < -0.3 is 10.2 Å². The molecule has 3 aromatic carbocycles. The van der Waals surface area contributed by atoms with Crippen molar-refractivity contribution in [2.75, 3.05) is 0 Å². The van der Waals surface area contributed by atoms with Crippen molar-refractivity contribution in [3.63, 3.8) is 0 Å². The van der Waals surface area contributed by atoms with E-state index in [1.54, 1.807) is 0 Å². The second-order valence-corrected chi connectivity index (χ2v) is 12.7. The molecule has 0 saturated heterocycles. The Morgan fingerprint density at radius 3 is 1.34 bits per heavy atom. The number of hydrogen-bond donors (Lipinski definition) is 2. The lowest BCUT2D eigenvalue weighted by atomic mass is 9.85. The first-order chi connectivity index (χ1) is 14.3. The second-order valence-electron chi connectivity index (χ2n) is 10.5. The zero-order valence-electron chi connectivity index (χ0n) is 20.4. The number of aromatic hydroxyl groups is 2. The predicted molar refractivity (Wildman–Crippen MR) is 143 cm³/mol. The molecular weight excluding hydrogens is 435 g/mol. The number of phenols is 2. The molecule has 2 nitrogen and oxygen atoms in total. The monoisotopic (exact) mass is 470 g/mol. The van der Waals surface area contributed by atoms with E-state index in [1.165, 1.54) is 0 Å². The summed E-state index contributed by atoms with van der Waals surface area (Å²) in [5.41, 5.74) is 3.73. The van der Waals surface area contributed by atoms with Gasteiger partial charge in [-0.2, -0.15) is 0 Å². The first-order valence-electron chi connectivity index (χ1n) is 10.8. The highest BCUT2D eigenvalue weighted by Gasteiger charge is 2.30. The second kappa shape index (κ2) is 9.46. The molecule has 0 atom stereocenters. The smallest absolute Gasteiger partial charge is 0.127 e. The van der Waals surface area contributed by atoms with Crippen LogP contribution in [0.2, 0.25) is 0 Å². The molecule has 0 spiro atoms. The van der Waals surface area contributed by atoms with E-state index in [4.69, 9.17) is 0 Å².